The van der Waals surface area contributed by atoms with E-state index in [9.17, 15) is 5.11 Å². The van der Waals surface area contributed by atoms with Crippen molar-refractivity contribution >= 4 is 31.2 Å². The van der Waals surface area contributed by atoms with Gasteiger partial charge in [0.2, 0.25) is 0 Å². The van der Waals surface area contributed by atoms with E-state index in [1.165, 1.54) is 0 Å². The topological polar surface area (TPSA) is 20.2 Å². The van der Waals surface area contributed by atoms with Crippen LogP contribution in [0.2, 0.25) is 0 Å². The number of fused-ring (bicyclic) bond motifs is 1. The van der Waals surface area contributed by atoms with Gasteiger partial charge in [-0.15, -0.1) is 0 Å². The fourth-order valence-electron chi connectivity index (χ4n) is 1.26. The third-order valence-electron chi connectivity index (χ3n) is 1.86. The molecule has 2 rings (SSSR count). The molecule has 0 fully saturated rings. The van der Waals surface area contributed by atoms with Crippen LogP contribution in [0, 0.1) is 0 Å². The second kappa shape index (κ2) is 2.81. The minimum atomic E-state index is 0.338. The molecule has 0 spiro atoms. The van der Waals surface area contributed by atoms with E-state index in [-0.39, 0.29) is 0 Å². The Balaban J connectivity index is 2.94. The van der Waals surface area contributed by atoms with Crippen LogP contribution in [-0.4, -0.2) is 21.1 Å². The number of hydrogen-bond acceptors (Lipinski definition) is 1. The Bertz CT molecular complexity index is 382. The first-order valence-electron chi connectivity index (χ1n) is 3.67. The maximum absolute atomic E-state index is 9.48. The Labute approximate surface area is 78.8 Å². The summed E-state index contributed by atoms with van der Waals surface area (Å²) < 4.78 is 1.07. The second-order valence-corrected chi connectivity index (χ2v) is 3.55. The molecule has 0 saturated heterocycles. The normalized spacial score (nSPS) is 10.3. The monoisotopic (exact) mass is 223 g/mol. The minimum absolute atomic E-state index is 0.338. The molecular weight excluding hydrogens is 215 g/mol. The molecule has 0 unspecified atom stereocenters. The molecule has 0 aliphatic carbocycles. The fraction of sp³-hybridized carbons (Fsp3) is 0. The molecule has 1 nitrogen and oxygen atoms in total. The number of hydrogen-bond donors (Lipinski definition) is 1. The maximum atomic E-state index is 9.48. The van der Waals surface area contributed by atoms with Crippen molar-refractivity contribution in [2.24, 2.45) is 0 Å². The third-order valence-corrected chi connectivity index (χ3v) is 2.61. The number of phenolic OH excluding ortho intramolecular Hbond substituents is 1. The van der Waals surface area contributed by atoms with Gasteiger partial charge in [0, 0.05) is 0 Å². The van der Waals surface area contributed by atoms with Crippen LogP contribution in [0.15, 0.2) is 36.4 Å². The number of aromatic hydroxyl groups is 1. The van der Waals surface area contributed by atoms with Gasteiger partial charge in [0.25, 0.3) is 0 Å². The van der Waals surface area contributed by atoms with E-state index in [1.807, 2.05) is 30.3 Å². The van der Waals surface area contributed by atoms with Gasteiger partial charge in [-0.3, -0.25) is 0 Å². The van der Waals surface area contributed by atoms with Crippen LogP contribution < -0.4 is 4.46 Å². The van der Waals surface area contributed by atoms with Gasteiger partial charge in [0.05, 0.1) is 0 Å². The molecule has 59 valence electrons. The van der Waals surface area contributed by atoms with Crippen LogP contribution in [0.1, 0.15) is 0 Å². The van der Waals surface area contributed by atoms with Crippen molar-refractivity contribution < 1.29 is 5.11 Å². The summed E-state index contributed by atoms with van der Waals surface area (Å²) in [7, 11) is 0. The van der Waals surface area contributed by atoms with Crippen molar-refractivity contribution in [3.63, 3.8) is 0 Å². The molecule has 2 aromatic rings. The van der Waals surface area contributed by atoms with Gasteiger partial charge in [-0.05, 0) is 0 Å². The van der Waals surface area contributed by atoms with E-state index >= 15 is 0 Å². The zero-order valence-electron chi connectivity index (χ0n) is 6.32. The summed E-state index contributed by atoms with van der Waals surface area (Å²) in [5, 5.41) is 11.4. The first-order valence-corrected chi connectivity index (χ1v) is 4.52. The predicted octanol–water partition coefficient (Wildman–Crippen LogP) is 1.34. The Morgan fingerprint density at radius 2 is 1.58 bits per heavy atom. The molecule has 0 amide bonds. The molecule has 2 aromatic carbocycles. The average molecular weight is 222 g/mol. The summed E-state index contributed by atoms with van der Waals surface area (Å²) in [5.41, 5.74) is 0. The Hall–Kier alpha value is -0.981. The second-order valence-electron chi connectivity index (χ2n) is 2.63. The molecule has 0 aliphatic rings. The van der Waals surface area contributed by atoms with E-state index in [4.69, 9.17) is 0 Å². The predicted molar refractivity (Wildman–Crippen MR) is 51.0 cm³/mol. The number of phenols is 1. The standard InChI is InChI=1S/C10H7OSe/c11-9-5-1-4-8-7(9)3-2-6-10(8)12/h1-6,11H. The summed E-state index contributed by atoms with van der Waals surface area (Å²) >= 11 is 2.96. The SMILES string of the molecule is Oc1cccc2c([Se])cccc12. The molecule has 0 heterocycles. The van der Waals surface area contributed by atoms with Crippen molar-refractivity contribution in [1.82, 2.24) is 0 Å². The molecule has 0 atom stereocenters. The van der Waals surface area contributed by atoms with Crippen LogP contribution in [0.5, 0.6) is 5.75 Å². The van der Waals surface area contributed by atoms with Crippen LogP contribution >= 0.6 is 0 Å². The quantitative estimate of drug-likeness (QED) is 0.667. The Morgan fingerprint density at radius 1 is 0.917 bits per heavy atom. The van der Waals surface area contributed by atoms with Gasteiger partial charge in [-0.25, -0.2) is 0 Å². The first-order chi connectivity index (χ1) is 5.79. The van der Waals surface area contributed by atoms with Crippen molar-refractivity contribution in [3.8, 4) is 5.75 Å². The fourth-order valence-corrected chi connectivity index (χ4v) is 1.80. The van der Waals surface area contributed by atoms with Crippen molar-refractivity contribution in [1.29, 1.82) is 0 Å². The molecule has 0 bridgehead atoms. The van der Waals surface area contributed by atoms with Crippen LogP contribution in [0.4, 0.5) is 0 Å². The summed E-state index contributed by atoms with van der Waals surface area (Å²) in [6.07, 6.45) is 0. The molecule has 0 aliphatic heterocycles. The summed E-state index contributed by atoms with van der Waals surface area (Å²) in [5.74, 6) is 0.338. The molecular formula is C10H7OSe. The third kappa shape index (κ3) is 1.09. The van der Waals surface area contributed by atoms with E-state index < -0.39 is 0 Å². The molecule has 1 N–H and O–H groups in total. The zero-order chi connectivity index (χ0) is 8.55. The molecule has 0 saturated carbocycles. The van der Waals surface area contributed by atoms with Crippen molar-refractivity contribution in [2.75, 3.05) is 0 Å². The van der Waals surface area contributed by atoms with E-state index in [1.54, 1.807) is 6.07 Å². The van der Waals surface area contributed by atoms with Gasteiger partial charge in [0.15, 0.2) is 0 Å². The zero-order valence-corrected chi connectivity index (χ0v) is 8.03. The first kappa shape index (κ1) is 7.66. The molecule has 1 radical (unpaired) electrons. The van der Waals surface area contributed by atoms with E-state index in [0.29, 0.717) is 5.75 Å². The summed E-state index contributed by atoms with van der Waals surface area (Å²) in [6, 6.07) is 11.3. The van der Waals surface area contributed by atoms with Gasteiger partial charge >= 0.3 is 78.5 Å². The van der Waals surface area contributed by atoms with Crippen LogP contribution in [0.25, 0.3) is 10.8 Å². The van der Waals surface area contributed by atoms with Gasteiger partial charge in [-0.1, -0.05) is 0 Å². The Morgan fingerprint density at radius 3 is 2.33 bits per heavy atom. The van der Waals surface area contributed by atoms with Gasteiger partial charge in [-0.2, -0.15) is 0 Å². The van der Waals surface area contributed by atoms with Gasteiger partial charge in [0.1, 0.15) is 0 Å². The number of rotatable bonds is 0. The van der Waals surface area contributed by atoms with Crippen LogP contribution in [0.3, 0.4) is 0 Å². The van der Waals surface area contributed by atoms with E-state index in [0.717, 1.165) is 15.2 Å². The van der Waals surface area contributed by atoms with E-state index in [2.05, 4.69) is 16.0 Å². The summed E-state index contributed by atoms with van der Waals surface area (Å²) in [4.78, 5) is 0. The van der Waals surface area contributed by atoms with Crippen LogP contribution in [-0.2, 0) is 0 Å². The molecule has 12 heavy (non-hydrogen) atoms. The average Bonchev–Trinajstić information content (AvgIpc) is 2.07. The molecule has 2 heteroatoms. The molecule has 0 aromatic heterocycles. The van der Waals surface area contributed by atoms with Crippen molar-refractivity contribution in [2.45, 2.75) is 0 Å². The number of benzene rings is 2. The summed E-state index contributed by atoms with van der Waals surface area (Å²) in [6.45, 7) is 0. The van der Waals surface area contributed by atoms with Gasteiger partial charge < -0.3 is 0 Å². The Kier molecular flexibility index (Phi) is 1.80. The van der Waals surface area contributed by atoms with Crippen molar-refractivity contribution in [3.05, 3.63) is 36.4 Å².